The van der Waals surface area contributed by atoms with Crippen LogP contribution in [-0.2, 0) is 19.2 Å². The summed E-state index contributed by atoms with van der Waals surface area (Å²) >= 11 is 0. The smallest absolute Gasteiger partial charge is 0.190 e. The van der Waals surface area contributed by atoms with Crippen molar-refractivity contribution >= 4 is 23.1 Å². The Morgan fingerprint density at radius 3 is 2.08 bits per heavy atom. The summed E-state index contributed by atoms with van der Waals surface area (Å²) in [6, 6.07) is 0. The minimum Gasteiger partial charge on any atom is -0.374 e. The number of hydrogen-bond acceptors (Lipinski definition) is 5. The van der Waals surface area contributed by atoms with Crippen LogP contribution in [0, 0.1) is 17.8 Å². The van der Waals surface area contributed by atoms with E-state index in [1.165, 1.54) is 0 Å². The molecule has 0 heterocycles. The Labute approximate surface area is 155 Å². The van der Waals surface area contributed by atoms with Crippen molar-refractivity contribution in [3.63, 3.8) is 0 Å². The third-order valence-corrected chi connectivity index (χ3v) is 4.97. The van der Waals surface area contributed by atoms with Gasteiger partial charge >= 0.3 is 0 Å². The Balaban J connectivity index is 3.43. The molecule has 0 aromatic heterocycles. The van der Waals surface area contributed by atoms with Crippen molar-refractivity contribution in [1.29, 1.82) is 0 Å². The molecule has 0 amide bonds. The Kier molecular flexibility index (Phi) is 7.39. The van der Waals surface area contributed by atoms with Gasteiger partial charge in [-0.15, -0.1) is 0 Å². The van der Waals surface area contributed by atoms with Crippen molar-refractivity contribution < 1.29 is 24.3 Å². The monoisotopic (exact) mass is 362 g/mol. The van der Waals surface area contributed by atoms with Crippen LogP contribution < -0.4 is 0 Å². The second kappa shape index (κ2) is 8.67. The van der Waals surface area contributed by atoms with Crippen LogP contribution in [0.4, 0.5) is 0 Å². The second-order valence-electron chi connectivity index (χ2n) is 7.69. The van der Waals surface area contributed by atoms with Crippen molar-refractivity contribution in [3.05, 3.63) is 23.3 Å². The van der Waals surface area contributed by atoms with Crippen molar-refractivity contribution in [2.45, 2.75) is 66.4 Å². The third-order valence-electron chi connectivity index (χ3n) is 4.97. The largest absolute Gasteiger partial charge is 0.374 e. The van der Waals surface area contributed by atoms with Crippen LogP contribution in [0.3, 0.4) is 0 Å². The normalized spacial score (nSPS) is 27.1. The Morgan fingerprint density at radius 1 is 1.08 bits per heavy atom. The third kappa shape index (κ3) is 4.44. The lowest BCUT2D eigenvalue weighted by Gasteiger charge is -2.36. The number of ketones is 4. The van der Waals surface area contributed by atoms with Gasteiger partial charge in [-0.2, -0.15) is 0 Å². The van der Waals surface area contributed by atoms with Crippen molar-refractivity contribution in [1.82, 2.24) is 0 Å². The lowest BCUT2D eigenvalue weighted by atomic mass is 9.64. The van der Waals surface area contributed by atoms with Crippen LogP contribution >= 0.6 is 0 Å². The molecule has 1 rings (SSSR count). The van der Waals surface area contributed by atoms with Crippen LogP contribution in [0.25, 0.3) is 0 Å². The Morgan fingerprint density at radius 2 is 1.62 bits per heavy atom. The van der Waals surface area contributed by atoms with E-state index in [9.17, 15) is 24.3 Å². The van der Waals surface area contributed by atoms with E-state index in [2.05, 4.69) is 0 Å². The molecular formula is C21H30O5. The fourth-order valence-corrected chi connectivity index (χ4v) is 2.99. The van der Waals surface area contributed by atoms with E-state index >= 15 is 0 Å². The summed E-state index contributed by atoms with van der Waals surface area (Å²) in [6.07, 6.45) is 3.68. The molecule has 1 N–H and O–H groups in total. The van der Waals surface area contributed by atoms with Gasteiger partial charge in [0.25, 0.3) is 0 Å². The maximum Gasteiger partial charge on any atom is 0.190 e. The SMILES string of the molecule is CCC(C)C(=O)C1C(=O)C(CC=C(C)C)C(=O)[C@](O)(CC=C(C)C)C1=O. The molecule has 0 saturated heterocycles. The van der Waals surface area contributed by atoms with Crippen LogP contribution in [0.5, 0.6) is 0 Å². The molecule has 0 aliphatic heterocycles. The lowest BCUT2D eigenvalue weighted by Crippen LogP contribution is -2.62. The van der Waals surface area contributed by atoms with Crippen LogP contribution in [-0.4, -0.2) is 33.8 Å². The van der Waals surface area contributed by atoms with E-state index in [4.69, 9.17) is 0 Å². The van der Waals surface area contributed by atoms with Gasteiger partial charge in [0.15, 0.2) is 28.7 Å². The van der Waals surface area contributed by atoms with Crippen molar-refractivity contribution in [3.8, 4) is 0 Å². The number of rotatable bonds is 7. The molecule has 3 unspecified atom stereocenters. The number of aliphatic hydroxyl groups is 1. The summed E-state index contributed by atoms with van der Waals surface area (Å²) in [5.74, 6) is -6.17. The van der Waals surface area contributed by atoms with Crippen LogP contribution in [0.15, 0.2) is 23.3 Å². The zero-order valence-corrected chi connectivity index (χ0v) is 16.6. The fraction of sp³-hybridized carbons (Fsp3) is 0.619. The summed E-state index contributed by atoms with van der Waals surface area (Å²) in [7, 11) is 0. The maximum absolute atomic E-state index is 12.9. The first-order valence-electron chi connectivity index (χ1n) is 9.12. The number of allylic oxidation sites excluding steroid dienone is 3. The van der Waals surface area contributed by atoms with E-state index in [0.717, 1.165) is 11.1 Å². The zero-order valence-electron chi connectivity index (χ0n) is 16.6. The molecule has 0 aromatic carbocycles. The molecular weight excluding hydrogens is 332 g/mol. The first kappa shape index (κ1) is 22.2. The predicted molar refractivity (Wildman–Crippen MR) is 99.5 cm³/mol. The lowest BCUT2D eigenvalue weighted by molar-refractivity contribution is -0.166. The second-order valence-corrected chi connectivity index (χ2v) is 7.69. The maximum atomic E-state index is 12.9. The standard InChI is InChI=1S/C21H30O5/c1-7-14(6)17(22)16-18(23)15(9-8-12(2)3)19(24)21(26,20(16)25)11-10-13(4)5/h8,10,14-16,26H,7,9,11H2,1-6H3/t14?,15?,16?,21-/m1/s1. The van der Waals surface area contributed by atoms with Gasteiger partial charge in [-0.05, 0) is 40.5 Å². The van der Waals surface area contributed by atoms with E-state index < -0.39 is 46.5 Å². The number of carbonyl (C=O) groups excluding carboxylic acids is 4. The van der Waals surface area contributed by atoms with Crippen LogP contribution in [0.1, 0.15) is 60.8 Å². The molecule has 5 nitrogen and oxygen atoms in total. The summed E-state index contributed by atoms with van der Waals surface area (Å²) in [4.78, 5) is 51.2. The molecule has 1 fully saturated rings. The summed E-state index contributed by atoms with van der Waals surface area (Å²) < 4.78 is 0. The highest BCUT2D eigenvalue weighted by Gasteiger charge is 2.59. The highest BCUT2D eigenvalue weighted by Crippen LogP contribution is 2.35. The van der Waals surface area contributed by atoms with Gasteiger partial charge in [-0.25, -0.2) is 0 Å². The predicted octanol–water partition coefficient (Wildman–Crippen LogP) is 3.00. The van der Waals surface area contributed by atoms with Gasteiger partial charge in [0.2, 0.25) is 0 Å². The number of Topliss-reactive ketones (excluding diaryl/α,β-unsaturated/α-hetero) is 4. The molecule has 4 atom stereocenters. The average molecular weight is 362 g/mol. The molecule has 0 bridgehead atoms. The molecule has 26 heavy (non-hydrogen) atoms. The topological polar surface area (TPSA) is 88.5 Å². The van der Waals surface area contributed by atoms with Crippen molar-refractivity contribution in [2.75, 3.05) is 0 Å². The van der Waals surface area contributed by atoms with Gasteiger partial charge in [0.1, 0.15) is 5.92 Å². The van der Waals surface area contributed by atoms with Gasteiger partial charge in [-0.1, -0.05) is 37.1 Å². The zero-order chi connectivity index (χ0) is 20.2. The first-order chi connectivity index (χ1) is 12.0. The van der Waals surface area contributed by atoms with Gasteiger partial charge in [-0.3, -0.25) is 19.2 Å². The van der Waals surface area contributed by atoms with Crippen molar-refractivity contribution in [2.24, 2.45) is 17.8 Å². The van der Waals surface area contributed by atoms with E-state index in [-0.39, 0.29) is 12.8 Å². The first-order valence-corrected chi connectivity index (χ1v) is 9.12. The number of carbonyl (C=O) groups is 4. The van der Waals surface area contributed by atoms with Gasteiger partial charge in [0, 0.05) is 12.3 Å². The summed E-state index contributed by atoms with van der Waals surface area (Å²) in [6.45, 7) is 10.7. The highest BCUT2D eigenvalue weighted by atomic mass is 16.3. The fourth-order valence-electron chi connectivity index (χ4n) is 2.99. The van der Waals surface area contributed by atoms with Crippen LogP contribution in [0.2, 0.25) is 0 Å². The quantitative estimate of drug-likeness (QED) is 0.555. The molecule has 0 aromatic rings. The molecule has 1 aliphatic rings. The Hall–Kier alpha value is -1.88. The molecule has 1 saturated carbocycles. The molecule has 1 aliphatic carbocycles. The highest BCUT2D eigenvalue weighted by molar-refractivity contribution is 6.35. The molecule has 0 spiro atoms. The molecule has 0 radical (unpaired) electrons. The molecule has 144 valence electrons. The average Bonchev–Trinajstić information content (AvgIpc) is 2.57. The summed E-state index contributed by atoms with van der Waals surface area (Å²) in [5, 5.41) is 10.9. The molecule has 5 heteroatoms. The minimum atomic E-state index is -2.32. The van der Waals surface area contributed by atoms with E-state index in [1.54, 1.807) is 39.8 Å². The summed E-state index contributed by atoms with van der Waals surface area (Å²) in [5.41, 5.74) is -0.569. The Bertz CT molecular complexity index is 662. The van der Waals surface area contributed by atoms with E-state index in [0.29, 0.717) is 6.42 Å². The van der Waals surface area contributed by atoms with Gasteiger partial charge in [0.05, 0.1) is 5.92 Å². The van der Waals surface area contributed by atoms with Gasteiger partial charge < -0.3 is 5.11 Å². The van der Waals surface area contributed by atoms with E-state index in [1.807, 2.05) is 13.8 Å². The number of hydrogen-bond donors (Lipinski definition) is 1. The minimum absolute atomic E-state index is 0.0920.